The van der Waals surface area contributed by atoms with Gasteiger partial charge in [-0.05, 0) is 43.2 Å². The summed E-state index contributed by atoms with van der Waals surface area (Å²) in [6.45, 7) is 3.80. The quantitative estimate of drug-likeness (QED) is 0.784. The van der Waals surface area contributed by atoms with Crippen LogP contribution in [0.1, 0.15) is 28.5 Å². The average Bonchev–Trinajstić information content (AvgIpc) is 3.03. The minimum absolute atomic E-state index is 0.289. The molecule has 122 valence electrons. The molecule has 0 atom stereocenters. The number of hydrogen-bond donors (Lipinski definition) is 1. The second kappa shape index (κ2) is 6.66. The van der Waals surface area contributed by atoms with Crippen LogP contribution in [-0.4, -0.2) is 15.7 Å². The molecule has 24 heavy (non-hydrogen) atoms. The van der Waals surface area contributed by atoms with Crippen LogP contribution in [0.5, 0.6) is 0 Å². The number of carbonyl (C=O) groups excluding carboxylic acids is 1. The zero-order chi connectivity index (χ0) is 17.1. The number of aryl methyl sites for hydroxylation is 1. The lowest BCUT2D eigenvalue weighted by atomic mass is 10.1. The maximum atomic E-state index is 13.4. The molecule has 1 heterocycles. The molecule has 0 saturated carbocycles. The molecule has 0 aliphatic rings. The summed E-state index contributed by atoms with van der Waals surface area (Å²) >= 11 is 0. The number of rotatable bonds is 4. The summed E-state index contributed by atoms with van der Waals surface area (Å²) in [5.41, 5.74) is 3.47. The number of para-hydroxylation sites is 1. The Kier molecular flexibility index (Phi) is 4.42. The van der Waals surface area contributed by atoms with E-state index in [2.05, 4.69) is 10.4 Å². The normalized spacial score (nSPS) is 10.6. The van der Waals surface area contributed by atoms with Crippen molar-refractivity contribution in [3.8, 4) is 5.69 Å². The minimum Gasteiger partial charge on any atom is -0.322 e. The van der Waals surface area contributed by atoms with Crippen LogP contribution in [0.15, 0.2) is 54.7 Å². The van der Waals surface area contributed by atoms with Crippen molar-refractivity contribution in [3.05, 3.63) is 77.4 Å². The zero-order valence-electron chi connectivity index (χ0n) is 13.6. The fourth-order valence-corrected chi connectivity index (χ4v) is 2.61. The highest BCUT2D eigenvalue weighted by atomic mass is 19.1. The van der Waals surface area contributed by atoms with E-state index in [0.717, 1.165) is 16.9 Å². The summed E-state index contributed by atoms with van der Waals surface area (Å²) in [6, 6.07) is 14.0. The van der Waals surface area contributed by atoms with Crippen molar-refractivity contribution in [1.29, 1.82) is 0 Å². The second-order valence-electron chi connectivity index (χ2n) is 5.52. The highest BCUT2D eigenvalue weighted by Gasteiger charge is 2.18. The van der Waals surface area contributed by atoms with E-state index in [1.165, 1.54) is 12.1 Å². The lowest BCUT2D eigenvalue weighted by Gasteiger charge is -2.10. The van der Waals surface area contributed by atoms with Crippen LogP contribution < -0.4 is 5.32 Å². The predicted octanol–water partition coefficient (Wildman–Crippen LogP) is 4.13. The van der Waals surface area contributed by atoms with Gasteiger partial charge in [-0.1, -0.05) is 31.2 Å². The molecule has 2 aromatic carbocycles. The van der Waals surface area contributed by atoms with Gasteiger partial charge in [-0.2, -0.15) is 5.10 Å². The van der Waals surface area contributed by atoms with Gasteiger partial charge in [0.15, 0.2) is 0 Å². The van der Waals surface area contributed by atoms with Crippen LogP contribution in [-0.2, 0) is 6.42 Å². The molecule has 5 heteroatoms. The molecule has 0 aliphatic carbocycles. The Labute approximate surface area is 139 Å². The Morgan fingerprint density at radius 3 is 2.67 bits per heavy atom. The van der Waals surface area contributed by atoms with Crippen LogP contribution in [0.3, 0.4) is 0 Å². The molecular formula is C19H18FN3O. The van der Waals surface area contributed by atoms with Crippen molar-refractivity contribution >= 4 is 11.6 Å². The van der Waals surface area contributed by atoms with E-state index in [1.54, 1.807) is 16.9 Å². The van der Waals surface area contributed by atoms with Crippen molar-refractivity contribution in [2.75, 3.05) is 5.32 Å². The topological polar surface area (TPSA) is 46.9 Å². The summed E-state index contributed by atoms with van der Waals surface area (Å²) in [4.78, 5) is 12.6. The second-order valence-corrected chi connectivity index (χ2v) is 5.52. The molecule has 0 spiro atoms. The predicted molar refractivity (Wildman–Crippen MR) is 92.0 cm³/mol. The van der Waals surface area contributed by atoms with Crippen LogP contribution in [0, 0.1) is 12.7 Å². The third-order valence-electron chi connectivity index (χ3n) is 3.90. The molecule has 3 aromatic rings. The molecular weight excluding hydrogens is 305 g/mol. The van der Waals surface area contributed by atoms with Crippen LogP contribution in [0.25, 0.3) is 5.69 Å². The number of nitrogens with zero attached hydrogens (tertiary/aromatic N) is 2. The SMILES string of the molecule is CCc1c(C(=O)Nc2cc(F)ccc2C)cnn1-c1ccccc1. The smallest absolute Gasteiger partial charge is 0.259 e. The number of hydrogen-bond acceptors (Lipinski definition) is 2. The highest BCUT2D eigenvalue weighted by Crippen LogP contribution is 2.20. The van der Waals surface area contributed by atoms with Crippen molar-refractivity contribution in [1.82, 2.24) is 9.78 Å². The van der Waals surface area contributed by atoms with Crippen molar-refractivity contribution < 1.29 is 9.18 Å². The highest BCUT2D eigenvalue weighted by molar-refractivity contribution is 6.05. The van der Waals surface area contributed by atoms with E-state index in [9.17, 15) is 9.18 Å². The van der Waals surface area contributed by atoms with Gasteiger partial charge in [0.25, 0.3) is 5.91 Å². The number of carbonyl (C=O) groups is 1. The summed E-state index contributed by atoms with van der Waals surface area (Å²) in [5, 5.41) is 7.12. The summed E-state index contributed by atoms with van der Waals surface area (Å²) in [5.74, 6) is -0.672. The third-order valence-corrected chi connectivity index (χ3v) is 3.90. The fraction of sp³-hybridized carbons (Fsp3) is 0.158. The Balaban J connectivity index is 1.93. The average molecular weight is 323 g/mol. The molecule has 0 saturated heterocycles. The molecule has 0 radical (unpaired) electrons. The molecule has 0 aliphatic heterocycles. The molecule has 0 fully saturated rings. The van der Waals surface area contributed by atoms with Crippen LogP contribution in [0.4, 0.5) is 10.1 Å². The van der Waals surface area contributed by atoms with Crippen LogP contribution >= 0.6 is 0 Å². The first-order chi connectivity index (χ1) is 11.6. The van der Waals surface area contributed by atoms with E-state index >= 15 is 0 Å². The summed E-state index contributed by atoms with van der Waals surface area (Å²) < 4.78 is 15.2. The molecule has 1 amide bonds. The standard InChI is InChI=1S/C19H18FN3O/c1-3-18-16(12-21-23(18)15-7-5-4-6-8-15)19(24)22-17-11-14(20)10-9-13(17)2/h4-12H,3H2,1-2H3,(H,22,24). The van der Waals surface area contributed by atoms with Gasteiger partial charge in [0, 0.05) is 5.69 Å². The first kappa shape index (κ1) is 15.9. The first-order valence-electron chi connectivity index (χ1n) is 7.80. The number of nitrogens with one attached hydrogen (secondary N) is 1. The molecule has 3 rings (SSSR count). The molecule has 0 unspecified atom stereocenters. The van der Waals surface area contributed by atoms with E-state index in [-0.39, 0.29) is 11.7 Å². The Bertz CT molecular complexity index is 872. The molecule has 4 nitrogen and oxygen atoms in total. The number of benzene rings is 2. The maximum Gasteiger partial charge on any atom is 0.259 e. The van der Waals surface area contributed by atoms with E-state index in [0.29, 0.717) is 17.7 Å². The molecule has 1 aromatic heterocycles. The van der Waals surface area contributed by atoms with E-state index in [4.69, 9.17) is 0 Å². The first-order valence-corrected chi connectivity index (χ1v) is 7.80. The summed E-state index contributed by atoms with van der Waals surface area (Å²) in [7, 11) is 0. The van der Waals surface area contributed by atoms with Gasteiger partial charge < -0.3 is 5.32 Å². The van der Waals surface area contributed by atoms with E-state index < -0.39 is 0 Å². The number of halogens is 1. The number of aromatic nitrogens is 2. The van der Waals surface area contributed by atoms with E-state index in [1.807, 2.05) is 44.2 Å². The van der Waals surface area contributed by atoms with Gasteiger partial charge in [-0.3, -0.25) is 4.79 Å². The molecule has 1 N–H and O–H groups in total. The van der Waals surface area contributed by atoms with Crippen LogP contribution in [0.2, 0.25) is 0 Å². The van der Waals surface area contributed by atoms with Gasteiger partial charge >= 0.3 is 0 Å². The Morgan fingerprint density at radius 2 is 1.96 bits per heavy atom. The van der Waals surface area contributed by atoms with Crippen molar-refractivity contribution in [2.45, 2.75) is 20.3 Å². The number of amides is 1. The molecule has 0 bridgehead atoms. The maximum absolute atomic E-state index is 13.4. The Morgan fingerprint density at radius 1 is 1.21 bits per heavy atom. The third kappa shape index (κ3) is 3.06. The van der Waals surface area contributed by atoms with Gasteiger partial charge in [0.05, 0.1) is 23.1 Å². The minimum atomic E-state index is -0.383. The van der Waals surface area contributed by atoms with Gasteiger partial charge in [-0.25, -0.2) is 9.07 Å². The lowest BCUT2D eigenvalue weighted by molar-refractivity contribution is 0.102. The van der Waals surface area contributed by atoms with Crippen molar-refractivity contribution in [2.24, 2.45) is 0 Å². The van der Waals surface area contributed by atoms with Gasteiger partial charge in [0.1, 0.15) is 5.82 Å². The fourth-order valence-electron chi connectivity index (χ4n) is 2.61. The lowest BCUT2D eigenvalue weighted by Crippen LogP contribution is -2.15. The Hall–Kier alpha value is -2.95. The number of anilines is 1. The van der Waals surface area contributed by atoms with Crippen molar-refractivity contribution in [3.63, 3.8) is 0 Å². The summed E-state index contributed by atoms with van der Waals surface area (Å²) in [6.07, 6.45) is 2.20. The van der Waals surface area contributed by atoms with Gasteiger partial charge in [0.2, 0.25) is 0 Å². The monoisotopic (exact) mass is 323 g/mol. The zero-order valence-corrected chi connectivity index (χ0v) is 13.6. The van der Waals surface area contributed by atoms with Gasteiger partial charge in [-0.15, -0.1) is 0 Å². The largest absolute Gasteiger partial charge is 0.322 e.